The number of hydrogen-bond acceptors (Lipinski definition) is 3. The Kier molecular flexibility index (Phi) is 4.04. The van der Waals surface area contributed by atoms with Crippen LogP contribution in [0.15, 0.2) is 0 Å². The second kappa shape index (κ2) is 5.24. The SMILES string of the molecule is Cc1nn(C)c(C)c1CCC(=O)C1CC(C)(C)OC1(C)C. The minimum atomic E-state index is -0.361. The molecule has 2 heterocycles. The molecule has 21 heavy (non-hydrogen) atoms. The van der Waals surface area contributed by atoms with Gasteiger partial charge < -0.3 is 4.74 Å². The van der Waals surface area contributed by atoms with Crippen LogP contribution in [0.1, 0.15) is 57.5 Å². The van der Waals surface area contributed by atoms with Crippen LogP contribution < -0.4 is 0 Å². The highest BCUT2D eigenvalue weighted by Crippen LogP contribution is 2.42. The molecule has 1 atom stereocenters. The zero-order chi connectivity index (χ0) is 16.0. The topological polar surface area (TPSA) is 44.1 Å². The number of aryl methyl sites for hydroxylation is 2. The lowest BCUT2D eigenvalue weighted by atomic mass is 9.82. The Morgan fingerprint density at radius 2 is 1.95 bits per heavy atom. The number of ketones is 1. The third-order valence-electron chi connectivity index (χ3n) is 4.74. The first-order valence-electron chi connectivity index (χ1n) is 7.75. The van der Waals surface area contributed by atoms with Crippen molar-refractivity contribution in [3.8, 4) is 0 Å². The number of rotatable bonds is 4. The van der Waals surface area contributed by atoms with Gasteiger partial charge in [-0.15, -0.1) is 0 Å². The van der Waals surface area contributed by atoms with E-state index in [0.717, 1.165) is 24.2 Å². The quantitative estimate of drug-likeness (QED) is 0.856. The number of nitrogens with zero attached hydrogens (tertiary/aromatic N) is 2. The van der Waals surface area contributed by atoms with E-state index >= 15 is 0 Å². The number of Topliss-reactive ketones (excluding diaryl/α,β-unsaturated/α-hetero) is 1. The van der Waals surface area contributed by atoms with Crippen molar-refractivity contribution in [2.24, 2.45) is 13.0 Å². The molecule has 1 saturated heterocycles. The van der Waals surface area contributed by atoms with Gasteiger partial charge in [-0.05, 0) is 59.9 Å². The molecule has 1 aliphatic heterocycles. The highest BCUT2D eigenvalue weighted by Gasteiger charge is 2.48. The third-order valence-corrected chi connectivity index (χ3v) is 4.74. The molecule has 4 nitrogen and oxygen atoms in total. The van der Waals surface area contributed by atoms with Crippen LogP contribution in [0, 0.1) is 19.8 Å². The highest BCUT2D eigenvalue weighted by atomic mass is 16.5. The monoisotopic (exact) mass is 292 g/mol. The lowest BCUT2D eigenvalue weighted by Gasteiger charge is -2.26. The maximum atomic E-state index is 12.6. The fraction of sp³-hybridized carbons (Fsp3) is 0.765. The molecule has 1 aromatic rings. The summed E-state index contributed by atoms with van der Waals surface area (Å²) in [4.78, 5) is 12.6. The Balaban J connectivity index is 2.06. The smallest absolute Gasteiger partial charge is 0.139 e. The van der Waals surface area contributed by atoms with E-state index in [0.29, 0.717) is 12.2 Å². The Labute approximate surface area is 127 Å². The fourth-order valence-corrected chi connectivity index (χ4v) is 3.67. The van der Waals surface area contributed by atoms with Crippen molar-refractivity contribution in [2.45, 2.75) is 72.0 Å². The molecule has 0 bridgehead atoms. The first-order valence-corrected chi connectivity index (χ1v) is 7.75. The minimum Gasteiger partial charge on any atom is -0.369 e. The fourth-order valence-electron chi connectivity index (χ4n) is 3.67. The summed E-state index contributed by atoms with van der Waals surface area (Å²) in [5.74, 6) is 0.304. The molecule has 0 aromatic carbocycles. The van der Waals surface area contributed by atoms with Gasteiger partial charge >= 0.3 is 0 Å². The molecule has 0 saturated carbocycles. The average molecular weight is 292 g/mol. The Morgan fingerprint density at radius 3 is 2.38 bits per heavy atom. The molecular weight excluding hydrogens is 264 g/mol. The summed E-state index contributed by atoms with van der Waals surface area (Å²) in [5, 5.41) is 4.42. The van der Waals surface area contributed by atoms with Gasteiger partial charge in [0.25, 0.3) is 0 Å². The van der Waals surface area contributed by atoms with Gasteiger partial charge in [-0.25, -0.2) is 0 Å². The molecule has 0 N–H and O–H groups in total. The summed E-state index contributed by atoms with van der Waals surface area (Å²) in [6.07, 6.45) is 2.15. The summed E-state index contributed by atoms with van der Waals surface area (Å²) in [6.45, 7) is 12.3. The van der Waals surface area contributed by atoms with Crippen LogP contribution >= 0.6 is 0 Å². The van der Waals surface area contributed by atoms with E-state index in [1.54, 1.807) is 0 Å². The Bertz CT molecular complexity index is 555. The zero-order valence-corrected chi connectivity index (χ0v) is 14.4. The third kappa shape index (κ3) is 3.20. The molecule has 4 heteroatoms. The van der Waals surface area contributed by atoms with Crippen LogP contribution in [0.5, 0.6) is 0 Å². The molecule has 1 unspecified atom stereocenters. The van der Waals surface area contributed by atoms with Crippen molar-refractivity contribution in [1.82, 2.24) is 9.78 Å². The van der Waals surface area contributed by atoms with Crippen molar-refractivity contribution >= 4 is 5.78 Å². The van der Waals surface area contributed by atoms with Crippen LogP contribution in [0.3, 0.4) is 0 Å². The van der Waals surface area contributed by atoms with Gasteiger partial charge in [-0.1, -0.05) is 0 Å². The van der Waals surface area contributed by atoms with Crippen LogP contribution in [0.25, 0.3) is 0 Å². The van der Waals surface area contributed by atoms with E-state index in [9.17, 15) is 4.79 Å². The maximum absolute atomic E-state index is 12.6. The number of carbonyl (C=O) groups is 1. The molecule has 1 aromatic heterocycles. The van der Waals surface area contributed by atoms with Crippen LogP contribution in [-0.4, -0.2) is 26.8 Å². The van der Waals surface area contributed by atoms with Crippen molar-refractivity contribution < 1.29 is 9.53 Å². The minimum absolute atomic E-state index is 0.00946. The van der Waals surface area contributed by atoms with Gasteiger partial charge in [0.05, 0.1) is 16.9 Å². The molecule has 1 aliphatic rings. The number of hydrogen-bond donors (Lipinski definition) is 0. The molecule has 0 radical (unpaired) electrons. The Morgan fingerprint density at radius 1 is 1.33 bits per heavy atom. The molecule has 0 spiro atoms. The summed E-state index contributed by atoms with van der Waals surface area (Å²) in [5.41, 5.74) is 2.83. The number of carbonyl (C=O) groups excluding carboxylic acids is 1. The zero-order valence-electron chi connectivity index (χ0n) is 14.4. The highest BCUT2D eigenvalue weighted by molar-refractivity contribution is 5.82. The van der Waals surface area contributed by atoms with E-state index in [1.165, 1.54) is 5.56 Å². The predicted molar refractivity (Wildman–Crippen MR) is 83.4 cm³/mol. The van der Waals surface area contributed by atoms with Gasteiger partial charge in [0.1, 0.15) is 5.78 Å². The maximum Gasteiger partial charge on any atom is 0.139 e. The number of ether oxygens (including phenoxy) is 1. The molecule has 2 rings (SSSR count). The van der Waals surface area contributed by atoms with Crippen molar-refractivity contribution in [2.75, 3.05) is 0 Å². The average Bonchev–Trinajstić information content (AvgIpc) is 2.70. The number of aromatic nitrogens is 2. The van der Waals surface area contributed by atoms with Crippen molar-refractivity contribution in [1.29, 1.82) is 0 Å². The van der Waals surface area contributed by atoms with Gasteiger partial charge in [0, 0.05) is 25.1 Å². The van der Waals surface area contributed by atoms with Crippen molar-refractivity contribution in [3.63, 3.8) is 0 Å². The molecular formula is C17H28N2O2. The first-order chi connectivity index (χ1) is 9.53. The van der Waals surface area contributed by atoms with E-state index in [1.807, 2.05) is 32.5 Å². The summed E-state index contributed by atoms with van der Waals surface area (Å²) >= 11 is 0. The van der Waals surface area contributed by atoms with Crippen LogP contribution in [0.4, 0.5) is 0 Å². The van der Waals surface area contributed by atoms with Gasteiger partial charge in [-0.3, -0.25) is 9.48 Å². The van der Waals surface area contributed by atoms with E-state index in [-0.39, 0.29) is 17.1 Å². The molecule has 118 valence electrons. The normalized spacial score (nSPS) is 23.5. The van der Waals surface area contributed by atoms with Crippen LogP contribution in [-0.2, 0) is 23.0 Å². The molecule has 0 aliphatic carbocycles. The summed E-state index contributed by atoms with van der Waals surface area (Å²) in [6, 6.07) is 0. The van der Waals surface area contributed by atoms with Gasteiger partial charge in [-0.2, -0.15) is 5.10 Å². The van der Waals surface area contributed by atoms with Crippen molar-refractivity contribution in [3.05, 3.63) is 17.0 Å². The van der Waals surface area contributed by atoms with E-state index in [4.69, 9.17) is 4.74 Å². The molecule has 0 amide bonds. The first kappa shape index (κ1) is 16.2. The largest absolute Gasteiger partial charge is 0.369 e. The standard InChI is InChI=1S/C17H28N2O2/c1-11-13(12(2)19(7)18-11)8-9-15(20)14-10-16(3,4)21-17(14,5)6/h14H,8-10H2,1-7H3. The van der Waals surface area contributed by atoms with E-state index in [2.05, 4.69) is 25.9 Å². The summed E-state index contributed by atoms with van der Waals surface area (Å²) in [7, 11) is 1.95. The second-order valence-corrected chi connectivity index (χ2v) is 7.46. The van der Waals surface area contributed by atoms with Gasteiger partial charge in [0.15, 0.2) is 0 Å². The van der Waals surface area contributed by atoms with E-state index < -0.39 is 0 Å². The second-order valence-electron chi connectivity index (χ2n) is 7.46. The van der Waals surface area contributed by atoms with Crippen LogP contribution in [0.2, 0.25) is 0 Å². The van der Waals surface area contributed by atoms with Gasteiger partial charge in [0.2, 0.25) is 0 Å². The summed E-state index contributed by atoms with van der Waals surface area (Å²) < 4.78 is 7.93. The Hall–Kier alpha value is -1.16. The molecule has 1 fully saturated rings. The lowest BCUT2D eigenvalue weighted by molar-refractivity contribution is -0.129. The predicted octanol–water partition coefficient (Wildman–Crippen LogP) is 3.13. The lowest BCUT2D eigenvalue weighted by Crippen LogP contribution is -2.34.